The van der Waals surface area contributed by atoms with Crippen LogP contribution in [-0.2, 0) is 4.79 Å². The molecule has 0 aliphatic carbocycles. The number of likely N-dealkylation sites (tertiary alicyclic amines) is 1. The van der Waals surface area contributed by atoms with Crippen LogP contribution in [0.1, 0.15) is 26.7 Å². The van der Waals surface area contributed by atoms with E-state index < -0.39 is 29.5 Å². The number of hydrogen-bond donors (Lipinski definition) is 2. The molecule has 1 atom stereocenters. The van der Waals surface area contributed by atoms with Crippen molar-refractivity contribution in [2.75, 3.05) is 19.6 Å². The molecule has 116 valence electrons. The molecule has 1 saturated heterocycles. The Kier molecular flexibility index (Phi) is 4.88. The summed E-state index contributed by atoms with van der Waals surface area (Å²) in [6, 6.07) is -0.645. The van der Waals surface area contributed by atoms with Crippen LogP contribution in [0.4, 0.5) is 18.0 Å². The highest BCUT2D eigenvalue weighted by Crippen LogP contribution is 2.33. The number of aliphatic carboxylic acids is 1. The molecule has 5 nitrogen and oxygen atoms in total. The van der Waals surface area contributed by atoms with E-state index in [1.54, 1.807) is 0 Å². The van der Waals surface area contributed by atoms with Crippen molar-refractivity contribution in [1.29, 1.82) is 0 Å². The van der Waals surface area contributed by atoms with Gasteiger partial charge in [-0.1, -0.05) is 0 Å². The van der Waals surface area contributed by atoms with E-state index in [0.29, 0.717) is 6.42 Å². The van der Waals surface area contributed by atoms with Crippen molar-refractivity contribution in [1.82, 2.24) is 10.2 Å². The highest BCUT2D eigenvalue weighted by Gasteiger charge is 2.42. The van der Waals surface area contributed by atoms with E-state index in [2.05, 4.69) is 5.32 Å². The van der Waals surface area contributed by atoms with E-state index in [1.165, 1.54) is 13.8 Å². The fourth-order valence-electron chi connectivity index (χ4n) is 1.91. The molecule has 0 spiro atoms. The van der Waals surface area contributed by atoms with Crippen molar-refractivity contribution in [3.05, 3.63) is 0 Å². The van der Waals surface area contributed by atoms with E-state index in [-0.39, 0.29) is 26.1 Å². The Morgan fingerprint density at radius 3 is 2.45 bits per heavy atom. The third-order valence-electron chi connectivity index (χ3n) is 3.43. The molecule has 0 bridgehead atoms. The number of nitrogens with one attached hydrogen (secondary N) is 1. The molecule has 2 amide bonds. The number of rotatable bonds is 3. The van der Waals surface area contributed by atoms with E-state index in [0.717, 1.165) is 4.90 Å². The van der Waals surface area contributed by atoms with Crippen LogP contribution in [0.15, 0.2) is 0 Å². The predicted molar refractivity (Wildman–Crippen MR) is 65.2 cm³/mol. The number of urea groups is 1. The van der Waals surface area contributed by atoms with Gasteiger partial charge in [-0.3, -0.25) is 4.79 Å². The van der Waals surface area contributed by atoms with Crippen molar-refractivity contribution >= 4 is 12.0 Å². The Labute approximate surface area is 115 Å². The summed E-state index contributed by atoms with van der Waals surface area (Å²) in [6.45, 7) is 2.62. The van der Waals surface area contributed by atoms with Crippen molar-refractivity contribution in [2.24, 2.45) is 11.3 Å². The van der Waals surface area contributed by atoms with Gasteiger partial charge in [-0.25, -0.2) is 4.79 Å². The summed E-state index contributed by atoms with van der Waals surface area (Å²) < 4.78 is 37.9. The lowest BCUT2D eigenvalue weighted by Gasteiger charge is -2.34. The van der Waals surface area contributed by atoms with Gasteiger partial charge in [0.2, 0.25) is 0 Å². The zero-order valence-electron chi connectivity index (χ0n) is 11.5. The van der Waals surface area contributed by atoms with Crippen molar-refractivity contribution in [3.63, 3.8) is 0 Å². The first kappa shape index (κ1) is 16.6. The lowest BCUT2D eigenvalue weighted by atomic mass is 9.94. The Hall–Kier alpha value is -1.47. The van der Waals surface area contributed by atoms with Gasteiger partial charge in [0.15, 0.2) is 0 Å². The second-order valence-corrected chi connectivity index (χ2v) is 5.67. The van der Waals surface area contributed by atoms with Crippen LogP contribution < -0.4 is 5.32 Å². The predicted octanol–water partition coefficient (Wildman–Crippen LogP) is 2.08. The summed E-state index contributed by atoms with van der Waals surface area (Å²) in [6.07, 6.45) is -3.99. The number of amides is 2. The molecule has 0 aromatic heterocycles. The average molecular weight is 296 g/mol. The molecule has 1 fully saturated rings. The van der Waals surface area contributed by atoms with Crippen LogP contribution in [0.3, 0.4) is 0 Å². The normalized spacial score (nSPS) is 20.6. The maximum atomic E-state index is 12.6. The Morgan fingerprint density at radius 2 is 1.95 bits per heavy atom. The first-order chi connectivity index (χ1) is 9.04. The van der Waals surface area contributed by atoms with E-state index >= 15 is 0 Å². The SMILES string of the molecule is CC(C)(CNC(=O)N1CCCC(C(F)(F)F)C1)C(=O)O. The van der Waals surface area contributed by atoms with Crippen LogP contribution >= 0.6 is 0 Å². The number of carbonyl (C=O) groups excluding carboxylic acids is 1. The molecule has 0 aromatic carbocycles. The first-order valence-electron chi connectivity index (χ1n) is 6.37. The molecule has 1 aliphatic rings. The first-order valence-corrected chi connectivity index (χ1v) is 6.37. The summed E-state index contributed by atoms with van der Waals surface area (Å²) in [5.41, 5.74) is -1.16. The molecular weight excluding hydrogens is 277 g/mol. The molecular formula is C12H19F3N2O3. The highest BCUT2D eigenvalue weighted by atomic mass is 19.4. The monoisotopic (exact) mass is 296 g/mol. The number of alkyl halides is 3. The molecule has 1 rings (SSSR count). The Morgan fingerprint density at radius 1 is 1.35 bits per heavy atom. The second-order valence-electron chi connectivity index (χ2n) is 5.67. The van der Waals surface area contributed by atoms with E-state index in [1.807, 2.05) is 0 Å². The quantitative estimate of drug-likeness (QED) is 0.837. The van der Waals surface area contributed by atoms with Crippen molar-refractivity contribution < 1.29 is 27.9 Å². The summed E-state index contributed by atoms with van der Waals surface area (Å²) in [5.74, 6) is -2.58. The van der Waals surface area contributed by atoms with Gasteiger partial charge >= 0.3 is 18.2 Å². The molecule has 8 heteroatoms. The molecule has 1 unspecified atom stereocenters. The number of carbonyl (C=O) groups is 2. The topological polar surface area (TPSA) is 69.6 Å². The minimum atomic E-state index is -4.31. The van der Waals surface area contributed by atoms with E-state index in [4.69, 9.17) is 5.11 Å². The van der Waals surface area contributed by atoms with Crippen molar-refractivity contribution in [3.8, 4) is 0 Å². The maximum absolute atomic E-state index is 12.6. The molecule has 0 saturated carbocycles. The molecule has 20 heavy (non-hydrogen) atoms. The fourth-order valence-corrected chi connectivity index (χ4v) is 1.91. The van der Waals surface area contributed by atoms with Crippen LogP contribution in [0.25, 0.3) is 0 Å². The fraction of sp³-hybridized carbons (Fsp3) is 0.833. The van der Waals surface area contributed by atoms with Gasteiger partial charge in [0, 0.05) is 19.6 Å². The molecule has 2 N–H and O–H groups in total. The molecule has 0 aromatic rings. The van der Waals surface area contributed by atoms with Crippen LogP contribution in [0.2, 0.25) is 0 Å². The highest BCUT2D eigenvalue weighted by molar-refractivity contribution is 5.77. The molecule has 1 aliphatic heterocycles. The largest absolute Gasteiger partial charge is 0.481 e. The molecule has 1 heterocycles. The van der Waals surface area contributed by atoms with Gasteiger partial charge in [-0.2, -0.15) is 13.2 Å². The Bertz CT molecular complexity index is 383. The second kappa shape index (κ2) is 5.88. The van der Waals surface area contributed by atoms with Gasteiger partial charge in [-0.15, -0.1) is 0 Å². The minimum Gasteiger partial charge on any atom is -0.481 e. The lowest BCUT2D eigenvalue weighted by molar-refractivity contribution is -0.184. The number of nitrogens with zero attached hydrogens (tertiary/aromatic N) is 1. The maximum Gasteiger partial charge on any atom is 0.393 e. The van der Waals surface area contributed by atoms with Crippen LogP contribution in [-0.4, -0.2) is 47.8 Å². The lowest BCUT2D eigenvalue weighted by Crippen LogP contribution is -2.50. The van der Waals surface area contributed by atoms with Gasteiger partial charge in [0.1, 0.15) is 0 Å². The summed E-state index contributed by atoms with van der Waals surface area (Å²) >= 11 is 0. The van der Waals surface area contributed by atoms with E-state index in [9.17, 15) is 22.8 Å². The number of hydrogen-bond acceptors (Lipinski definition) is 2. The third kappa shape index (κ3) is 4.28. The van der Waals surface area contributed by atoms with Gasteiger partial charge in [0.05, 0.1) is 11.3 Å². The van der Waals surface area contributed by atoms with Crippen LogP contribution in [0.5, 0.6) is 0 Å². The van der Waals surface area contributed by atoms with Crippen LogP contribution in [0, 0.1) is 11.3 Å². The standard InChI is InChI=1S/C12H19F3N2O3/c1-11(2,9(18)19)7-16-10(20)17-5-3-4-8(6-17)12(13,14)15/h8H,3-7H2,1-2H3,(H,16,20)(H,18,19). The summed E-state index contributed by atoms with van der Waals surface area (Å²) in [5, 5.41) is 11.3. The number of halogens is 3. The zero-order valence-corrected chi connectivity index (χ0v) is 11.5. The van der Waals surface area contributed by atoms with Gasteiger partial charge in [0.25, 0.3) is 0 Å². The van der Waals surface area contributed by atoms with Crippen molar-refractivity contribution in [2.45, 2.75) is 32.9 Å². The smallest absolute Gasteiger partial charge is 0.393 e. The third-order valence-corrected chi connectivity index (χ3v) is 3.43. The minimum absolute atomic E-state index is 0.0217. The number of carboxylic acids is 1. The average Bonchev–Trinajstić information content (AvgIpc) is 2.35. The zero-order chi connectivity index (χ0) is 15.6. The Balaban J connectivity index is 2.54. The van der Waals surface area contributed by atoms with Gasteiger partial charge in [-0.05, 0) is 26.7 Å². The summed E-state index contributed by atoms with van der Waals surface area (Å²) in [7, 11) is 0. The summed E-state index contributed by atoms with van der Waals surface area (Å²) in [4.78, 5) is 23.8. The number of carboxylic acid groups (broad SMARTS) is 1. The molecule has 0 radical (unpaired) electrons. The number of piperidine rings is 1. The van der Waals surface area contributed by atoms with Gasteiger partial charge < -0.3 is 15.3 Å².